The van der Waals surface area contributed by atoms with Crippen molar-refractivity contribution < 1.29 is 19.1 Å². The van der Waals surface area contributed by atoms with Crippen molar-refractivity contribution in [2.75, 3.05) is 0 Å². The highest BCUT2D eigenvalue weighted by atomic mass is 32.1. The molecule has 6 heteroatoms. The normalized spacial score (nSPS) is 11.0. The lowest BCUT2D eigenvalue weighted by atomic mass is 10.0. The lowest BCUT2D eigenvalue weighted by Gasteiger charge is -2.03. The summed E-state index contributed by atoms with van der Waals surface area (Å²) in [5, 5.41) is 9.83. The number of ketones is 1. The molecule has 4 rings (SSSR count). The number of rotatable bonds is 7. The van der Waals surface area contributed by atoms with Gasteiger partial charge >= 0.3 is 5.97 Å². The minimum Gasteiger partial charge on any atom is -0.478 e. The van der Waals surface area contributed by atoms with E-state index in [1.54, 1.807) is 25.1 Å². The molecule has 0 radical (unpaired) electrons. The first-order valence-electron chi connectivity index (χ1n) is 9.89. The first kappa shape index (κ1) is 20.9. The van der Waals surface area contributed by atoms with Gasteiger partial charge in [0.15, 0.2) is 0 Å². The molecule has 0 aliphatic heterocycles. The number of aromatic carboxylic acids is 1. The molecule has 1 N–H and O–H groups in total. The number of hydrogen-bond acceptors (Lipinski definition) is 4. The molecule has 0 amide bonds. The first-order chi connectivity index (χ1) is 14.9. The number of aryl methyl sites for hydroxylation is 2. The van der Waals surface area contributed by atoms with Crippen LogP contribution in [-0.4, -0.2) is 21.8 Å². The standard InChI is InChI=1S/C25H20FNO3S/c1-15-11-17(6-9-21(15)26)18-7-10-22-23(13-18)31-24(27-22)14-20(28)8-5-16-3-2-4-19(12-16)25(29)30/h2-4,6-7,9-13H,5,8,14H2,1H3,(H,29,30). The molecule has 0 unspecified atom stereocenters. The summed E-state index contributed by atoms with van der Waals surface area (Å²) in [4.78, 5) is 28.1. The van der Waals surface area contributed by atoms with E-state index in [0.29, 0.717) is 18.4 Å². The van der Waals surface area contributed by atoms with Crippen LogP contribution in [0.25, 0.3) is 21.3 Å². The van der Waals surface area contributed by atoms with E-state index >= 15 is 0 Å². The Morgan fingerprint density at radius 3 is 2.58 bits per heavy atom. The quantitative estimate of drug-likeness (QED) is 0.397. The largest absolute Gasteiger partial charge is 0.478 e. The molecule has 0 atom stereocenters. The third kappa shape index (κ3) is 4.86. The molecule has 0 saturated carbocycles. The first-order valence-corrected chi connectivity index (χ1v) is 10.7. The van der Waals surface area contributed by atoms with E-state index in [-0.39, 0.29) is 23.6 Å². The Hall–Kier alpha value is -3.38. The summed E-state index contributed by atoms with van der Waals surface area (Å²) in [6.07, 6.45) is 1.08. The van der Waals surface area contributed by atoms with Crippen molar-refractivity contribution in [1.82, 2.24) is 4.98 Å². The third-order valence-corrected chi connectivity index (χ3v) is 6.16. The van der Waals surface area contributed by atoms with Gasteiger partial charge in [0.05, 0.1) is 22.2 Å². The van der Waals surface area contributed by atoms with Crippen molar-refractivity contribution in [3.63, 3.8) is 0 Å². The summed E-state index contributed by atoms with van der Waals surface area (Å²) in [5.41, 5.74) is 4.41. The maximum absolute atomic E-state index is 13.6. The Balaban J connectivity index is 1.45. The Morgan fingerprint density at radius 2 is 1.81 bits per heavy atom. The number of nitrogens with zero attached hydrogens (tertiary/aromatic N) is 1. The molecule has 0 bridgehead atoms. The SMILES string of the molecule is Cc1cc(-c2ccc3nc(CC(=O)CCc4cccc(C(=O)O)c4)sc3c2)ccc1F. The van der Waals surface area contributed by atoms with Crippen molar-refractivity contribution in [3.05, 3.63) is 88.2 Å². The van der Waals surface area contributed by atoms with E-state index in [1.165, 1.54) is 23.5 Å². The van der Waals surface area contributed by atoms with Gasteiger partial charge < -0.3 is 5.11 Å². The molecule has 0 fully saturated rings. The van der Waals surface area contributed by atoms with Gasteiger partial charge in [-0.15, -0.1) is 11.3 Å². The van der Waals surface area contributed by atoms with Crippen LogP contribution in [0.3, 0.4) is 0 Å². The maximum atomic E-state index is 13.6. The van der Waals surface area contributed by atoms with Crippen LogP contribution < -0.4 is 0 Å². The van der Waals surface area contributed by atoms with Crippen LogP contribution in [0.15, 0.2) is 60.7 Å². The Labute approximate surface area is 183 Å². The molecular weight excluding hydrogens is 413 g/mol. The van der Waals surface area contributed by atoms with Crippen LogP contribution in [-0.2, 0) is 17.6 Å². The van der Waals surface area contributed by atoms with E-state index in [1.807, 2.05) is 30.3 Å². The van der Waals surface area contributed by atoms with E-state index in [9.17, 15) is 14.0 Å². The number of carbonyl (C=O) groups excluding carboxylic acids is 1. The molecule has 1 heterocycles. The number of hydrogen-bond donors (Lipinski definition) is 1. The highest BCUT2D eigenvalue weighted by molar-refractivity contribution is 7.18. The fraction of sp³-hybridized carbons (Fsp3) is 0.160. The average Bonchev–Trinajstić information content (AvgIpc) is 3.15. The molecule has 0 aliphatic carbocycles. The van der Waals surface area contributed by atoms with Gasteiger partial charge in [-0.3, -0.25) is 4.79 Å². The molecule has 3 aromatic carbocycles. The van der Waals surface area contributed by atoms with Gasteiger partial charge in [0.25, 0.3) is 0 Å². The Bertz CT molecular complexity index is 1300. The van der Waals surface area contributed by atoms with Crippen LogP contribution in [0.2, 0.25) is 0 Å². The van der Waals surface area contributed by atoms with E-state index in [0.717, 1.165) is 31.9 Å². The van der Waals surface area contributed by atoms with Crippen molar-refractivity contribution in [2.24, 2.45) is 0 Å². The zero-order valence-electron chi connectivity index (χ0n) is 16.9. The zero-order chi connectivity index (χ0) is 22.0. The van der Waals surface area contributed by atoms with Gasteiger partial charge in [0.2, 0.25) is 0 Å². The molecular formula is C25H20FNO3S. The summed E-state index contributed by atoms with van der Waals surface area (Å²) in [6, 6.07) is 17.6. The van der Waals surface area contributed by atoms with Crippen molar-refractivity contribution in [1.29, 1.82) is 0 Å². The van der Waals surface area contributed by atoms with Crippen LogP contribution in [0.4, 0.5) is 4.39 Å². The number of thiazole rings is 1. The average molecular weight is 434 g/mol. The van der Waals surface area contributed by atoms with Crippen molar-refractivity contribution in [3.8, 4) is 11.1 Å². The highest BCUT2D eigenvalue weighted by Crippen LogP contribution is 2.29. The van der Waals surface area contributed by atoms with Gasteiger partial charge in [-0.1, -0.05) is 24.3 Å². The molecule has 1 aromatic heterocycles. The second-order valence-corrected chi connectivity index (χ2v) is 8.59. The van der Waals surface area contributed by atoms with Crippen LogP contribution in [0, 0.1) is 12.7 Å². The number of aromatic nitrogens is 1. The fourth-order valence-electron chi connectivity index (χ4n) is 3.45. The lowest BCUT2D eigenvalue weighted by molar-refractivity contribution is -0.118. The minimum atomic E-state index is -0.974. The van der Waals surface area contributed by atoms with E-state index in [2.05, 4.69) is 4.98 Å². The number of carboxylic acid groups (broad SMARTS) is 1. The topological polar surface area (TPSA) is 67.3 Å². The summed E-state index contributed by atoms with van der Waals surface area (Å²) < 4.78 is 14.5. The molecule has 4 aromatic rings. The zero-order valence-corrected chi connectivity index (χ0v) is 17.7. The van der Waals surface area contributed by atoms with Gasteiger partial charge in [-0.2, -0.15) is 0 Å². The monoisotopic (exact) mass is 433 g/mol. The van der Waals surface area contributed by atoms with Gasteiger partial charge in [0.1, 0.15) is 16.6 Å². The second kappa shape index (κ2) is 8.78. The van der Waals surface area contributed by atoms with E-state index < -0.39 is 5.97 Å². The molecule has 156 valence electrons. The summed E-state index contributed by atoms with van der Waals surface area (Å²) >= 11 is 1.49. The number of carboxylic acids is 1. The predicted octanol–water partition coefficient (Wildman–Crippen LogP) is 5.85. The van der Waals surface area contributed by atoms with Gasteiger partial charge in [0, 0.05) is 6.42 Å². The molecule has 0 aliphatic rings. The minimum absolute atomic E-state index is 0.0640. The number of carbonyl (C=O) groups is 2. The molecule has 31 heavy (non-hydrogen) atoms. The number of benzene rings is 3. The number of halogens is 1. The number of Topliss-reactive ketones (excluding diaryl/α,β-unsaturated/α-hetero) is 1. The van der Waals surface area contributed by atoms with Gasteiger partial charge in [-0.25, -0.2) is 14.2 Å². The predicted molar refractivity (Wildman–Crippen MR) is 120 cm³/mol. The summed E-state index contributed by atoms with van der Waals surface area (Å²) in [7, 11) is 0. The number of fused-ring (bicyclic) bond motifs is 1. The molecule has 4 nitrogen and oxygen atoms in total. The van der Waals surface area contributed by atoms with Crippen molar-refractivity contribution >= 4 is 33.3 Å². The summed E-state index contributed by atoms with van der Waals surface area (Å²) in [6.45, 7) is 1.74. The third-order valence-electron chi connectivity index (χ3n) is 5.14. The van der Waals surface area contributed by atoms with Crippen LogP contribution >= 0.6 is 11.3 Å². The van der Waals surface area contributed by atoms with Crippen LogP contribution in [0.1, 0.15) is 32.9 Å². The Morgan fingerprint density at radius 1 is 1.03 bits per heavy atom. The maximum Gasteiger partial charge on any atom is 0.335 e. The molecule has 0 spiro atoms. The van der Waals surface area contributed by atoms with Crippen LogP contribution in [0.5, 0.6) is 0 Å². The Kier molecular flexibility index (Phi) is 5.91. The van der Waals surface area contributed by atoms with Gasteiger partial charge in [-0.05, 0) is 72.0 Å². The fourth-order valence-corrected chi connectivity index (χ4v) is 4.49. The van der Waals surface area contributed by atoms with E-state index in [4.69, 9.17) is 5.11 Å². The lowest BCUT2D eigenvalue weighted by Crippen LogP contribution is -2.05. The van der Waals surface area contributed by atoms with Crippen molar-refractivity contribution in [2.45, 2.75) is 26.2 Å². The highest BCUT2D eigenvalue weighted by Gasteiger charge is 2.12. The smallest absolute Gasteiger partial charge is 0.335 e. The summed E-state index contributed by atoms with van der Waals surface area (Å²) in [5.74, 6) is -1.13. The second-order valence-electron chi connectivity index (χ2n) is 7.48. The molecule has 0 saturated heterocycles.